The van der Waals surface area contributed by atoms with E-state index in [1.165, 1.54) is 30.3 Å². The van der Waals surface area contributed by atoms with E-state index in [0.29, 0.717) is 11.1 Å². The van der Waals surface area contributed by atoms with E-state index >= 15 is 0 Å². The largest absolute Gasteiger partial charge is 0.416 e. The minimum absolute atomic E-state index is 0.0197. The maximum absolute atomic E-state index is 14.0. The van der Waals surface area contributed by atoms with E-state index in [-0.39, 0.29) is 24.3 Å². The average Bonchev–Trinajstić information content (AvgIpc) is 3.14. The Kier molecular flexibility index (Phi) is 6.74. The van der Waals surface area contributed by atoms with Crippen molar-refractivity contribution in [3.8, 4) is 11.1 Å². The zero-order valence-electron chi connectivity index (χ0n) is 18.8. The van der Waals surface area contributed by atoms with Crippen LogP contribution in [0.15, 0.2) is 78.9 Å². The third-order valence-corrected chi connectivity index (χ3v) is 8.00. The first-order valence-electron chi connectivity index (χ1n) is 10.8. The Morgan fingerprint density at radius 2 is 1.56 bits per heavy atom. The molecule has 0 spiro atoms. The van der Waals surface area contributed by atoms with Crippen LogP contribution in [0.3, 0.4) is 0 Å². The molecule has 1 heterocycles. The van der Waals surface area contributed by atoms with Crippen molar-refractivity contribution < 1.29 is 40.7 Å². The molecule has 0 radical (unpaired) electrons. The molecule has 36 heavy (non-hydrogen) atoms. The van der Waals surface area contributed by atoms with E-state index < -0.39 is 49.2 Å². The number of primary amides is 1. The first kappa shape index (κ1) is 25.5. The highest BCUT2D eigenvalue weighted by Crippen LogP contribution is 2.36. The number of benzene rings is 3. The molecule has 7 nitrogen and oxygen atoms in total. The molecule has 3 aromatic rings. The number of hydroxylamine groups is 3. The van der Waals surface area contributed by atoms with Gasteiger partial charge in [-0.25, -0.2) is 13.2 Å². The lowest BCUT2D eigenvalue weighted by molar-refractivity contribution is -1.04. The summed E-state index contributed by atoms with van der Waals surface area (Å²) in [5.74, 6) is -2.59. The monoisotopic (exact) mass is 519 g/mol. The smallest absolute Gasteiger partial charge is 0.363 e. The number of rotatable bonds is 6. The van der Waals surface area contributed by atoms with Crippen LogP contribution in [0.5, 0.6) is 0 Å². The molecule has 0 saturated carbocycles. The molecule has 1 saturated heterocycles. The zero-order chi connectivity index (χ0) is 26.1. The van der Waals surface area contributed by atoms with Crippen LogP contribution in [0.25, 0.3) is 11.1 Å². The standard InChI is InChI=1S/C25H21F3N2O5S/c26-25(27,28)19-12-10-18(11-13-19)20-8-4-5-9-21(20)23(32)30(35-16-17-6-2-1-3-7-17)14-15-36(33,34)24(30)22(29)31/h1-13,24H,14-16H2,(H-,29,31)/p+1/t24?,30-/m0/s1. The van der Waals surface area contributed by atoms with Gasteiger partial charge in [0, 0.05) is 0 Å². The molecule has 0 aliphatic carbocycles. The van der Waals surface area contributed by atoms with Gasteiger partial charge in [0.25, 0.3) is 5.91 Å². The van der Waals surface area contributed by atoms with Crippen molar-refractivity contribution >= 4 is 21.7 Å². The molecule has 2 N–H and O–H groups in total. The molecule has 1 fully saturated rings. The van der Waals surface area contributed by atoms with Crippen molar-refractivity contribution in [2.45, 2.75) is 18.2 Å². The predicted molar refractivity (Wildman–Crippen MR) is 124 cm³/mol. The minimum atomic E-state index is -4.53. The molecule has 0 aromatic heterocycles. The number of carbonyl (C=O) groups is 2. The van der Waals surface area contributed by atoms with Gasteiger partial charge < -0.3 is 5.73 Å². The van der Waals surface area contributed by atoms with Crippen molar-refractivity contribution in [1.29, 1.82) is 0 Å². The number of halogens is 3. The lowest BCUT2D eigenvalue weighted by Gasteiger charge is -2.32. The second-order valence-corrected chi connectivity index (χ2v) is 10.5. The number of amides is 2. The molecule has 1 unspecified atom stereocenters. The van der Waals surface area contributed by atoms with Crippen molar-refractivity contribution in [3.05, 3.63) is 95.6 Å². The topological polar surface area (TPSA) is 104 Å². The fourth-order valence-electron chi connectivity index (χ4n) is 4.26. The van der Waals surface area contributed by atoms with Gasteiger partial charge in [0.1, 0.15) is 18.9 Å². The van der Waals surface area contributed by atoms with Crippen LogP contribution in [0.2, 0.25) is 0 Å². The first-order valence-corrected chi connectivity index (χ1v) is 12.6. The van der Waals surface area contributed by atoms with E-state index in [2.05, 4.69) is 0 Å². The summed E-state index contributed by atoms with van der Waals surface area (Å²) in [7, 11) is -4.12. The molecule has 3 aromatic carbocycles. The number of nitrogens with two attached hydrogens (primary N) is 1. The van der Waals surface area contributed by atoms with Gasteiger partial charge in [-0.2, -0.15) is 18.0 Å². The van der Waals surface area contributed by atoms with Crippen LogP contribution >= 0.6 is 0 Å². The molecule has 4 rings (SSSR count). The lowest BCUT2D eigenvalue weighted by atomic mass is 9.97. The Hall–Kier alpha value is -3.54. The van der Waals surface area contributed by atoms with Crippen molar-refractivity contribution in [3.63, 3.8) is 0 Å². The first-order chi connectivity index (χ1) is 17.0. The van der Waals surface area contributed by atoms with Crippen molar-refractivity contribution in [2.24, 2.45) is 5.73 Å². The normalized spacial score (nSPS) is 21.2. The zero-order valence-corrected chi connectivity index (χ0v) is 19.6. The summed E-state index contributed by atoms with van der Waals surface area (Å²) in [6, 6.07) is 18.9. The second kappa shape index (κ2) is 9.49. The van der Waals surface area contributed by atoms with Gasteiger partial charge in [-0.05, 0) is 34.9 Å². The molecule has 2 atom stereocenters. The molecule has 0 bridgehead atoms. The number of sulfone groups is 1. The van der Waals surface area contributed by atoms with E-state index in [4.69, 9.17) is 10.6 Å². The summed E-state index contributed by atoms with van der Waals surface area (Å²) in [5, 5.41) is -1.98. The van der Waals surface area contributed by atoms with Gasteiger partial charge in [0.2, 0.25) is 9.84 Å². The fourth-order valence-corrected chi connectivity index (χ4v) is 6.14. The summed E-state index contributed by atoms with van der Waals surface area (Å²) < 4.78 is 63.5. The van der Waals surface area contributed by atoms with Crippen LogP contribution in [-0.4, -0.2) is 42.5 Å². The van der Waals surface area contributed by atoms with Crippen molar-refractivity contribution in [2.75, 3.05) is 12.3 Å². The Morgan fingerprint density at radius 1 is 0.944 bits per heavy atom. The predicted octanol–water partition coefficient (Wildman–Crippen LogP) is 3.70. The van der Waals surface area contributed by atoms with E-state index in [1.54, 1.807) is 36.4 Å². The van der Waals surface area contributed by atoms with Gasteiger partial charge in [0.05, 0.1) is 11.1 Å². The van der Waals surface area contributed by atoms with E-state index in [0.717, 1.165) is 12.1 Å². The summed E-state index contributed by atoms with van der Waals surface area (Å²) in [4.78, 5) is 32.3. The number of hydrogen-bond donors (Lipinski definition) is 1. The number of carbonyl (C=O) groups excluding carboxylic acids is 2. The Bertz CT molecular complexity index is 1390. The molecule has 11 heteroatoms. The van der Waals surface area contributed by atoms with Crippen LogP contribution in [0.4, 0.5) is 13.2 Å². The van der Waals surface area contributed by atoms with Crippen LogP contribution < -0.4 is 5.73 Å². The Balaban J connectivity index is 1.80. The SMILES string of the molecule is NC(=O)C1[N@@+](OCc2ccccc2)(C(=O)c2ccccc2-c2ccc(C(F)(F)F)cc2)CCS1(=O)=O. The Morgan fingerprint density at radius 3 is 2.17 bits per heavy atom. The van der Waals surface area contributed by atoms with Crippen LogP contribution in [-0.2, 0) is 32.3 Å². The molecule has 1 aliphatic heterocycles. The molecular weight excluding hydrogens is 497 g/mol. The summed E-state index contributed by atoms with van der Waals surface area (Å²) in [5.41, 5.74) is 5.77. The molecule has 1 aliphatic rings. The van der Waals surface area contributed by atoms with Gasteiger partial charge in [-0.1, -0.05) is 65.3 Å². The van der Waals surface area contributed by atoms with Gasteiger partial charge in [-0.3, -0.25) is 4.79 Å². The van der Waals surface area contributed by atoms with E-state index in [9.17, 15) is 31.2 Å². The lowest BCUT2D eigenvalue weighted by Crippen LogP contribution is -2.61. The number of nitrogens with zero attached hydrogens (tertiary/aromatic N) is 1. The average molecular weight is 520 g/mol. The van der Waals surface area contributed by atoms with Gasteiger partial charge in [-0.15, -0.1) is 0 Å². The summed E-state index contributed by atoms with van der Waals surface area (Å²) in [6.07, 6.45) is -4.53. The third-order valence-electron chi connectivity index (χ3n) is 6.00. The van der Waals surface area contributed by atoms with E-state index in [1.807, 2.05) is 0 Å². The summed E-state index contributed by atoms with van der Waals surface area (Å²) >= 11 is 0. The maximum atomic E-state index is 14.0. The highest BCUT2D eigenvalue weighted by atomic mass is 32.2. The fraction of sp³-hybridized carbons (Fsp3) is 0.200. The number of alkyl halides is 3. The molecular formula is C25H22F3N2O5S+. The highest BCUT2D eigenvalue weighted by Gasteiger charge is 2.63. The maximum Gasteiger partial charge on any atom is 0.416 e. The Labute approximate surface area is 205 Å². The molecule has 2 amide bonds. The number of hydrogen-bond acceptors (Lipinski definition) is 5. The summed E-state index contributed by atoms with van der Waals surface area (Å²) in [6.45, 7) is -0.544. The minimum Gasteiger partial charge on any atom is -0.363 e. The van der Waals surface area contributed by atoms with Crippen LogP contribution in [0.1, 0.15) is 21.5 Å². The second-order valence-electron chi connectivity index (χ2n) is 8.33. The third kappa shape index (κ3) is 4.77. The van der Waals surface area contributed by atoms with Gasteiger partial charge >= 0.3 is 17.5 Å². The highest BCUT2D eigenvalue weighted by molar-refractivity contribution is 7.92. The van der Waals surface area contributed by atoms with Crippen molar-refractivity contribution in [1.82, 2.24) is 0 Å². The van der Waals surface area contributed by atoms with Gasteiger partial charge in [0.15, 0.2) is 0 Å². The quantitative estimate of drug-likeness (QED) is 0.501. The number of quaternary nitrogens is 1. The van der Waals surface area contributed by atoms with Crippen LogP contribution in [0, 0.1) is 0 Å². The molecule has 188 valence electrons.